The standard InChI is InChI=1S/C18H30N2O/c1-2-3-4-5-6-7-8-12-15-19-18(16-20-21)17-13-10-9-11-14-17/h9-11,13-14,16,18-19,21H,2-8,12,15H2,1H3/b20-16-/t18-/m0/s1. The lowest BCUT2D eigenvalue weighted by Gasteiger charge is -2.14. The van der Waals surface area contributed by atoms with Crippen molar-refractivity contribution in [3.8, 4) is 0 Å². The van der Waals surface area contributed by atoms with E-state index in [0.29, 0.717) is 0 Å². The summed E-state index contributed by atoms with van der Waals surface area (Å²) in [4.78, 5) is 0. The third-order valence-electron chi connectivity index (χ3n) is 3.77. The summed E-state index contributed by atoms with van der Waals surface area (Å²) in [6.07, 6.45) is 12.2. The van der Waals surface area contributed by atoms with Crippen molar-refractivity contribution in [2.75, 3.05) is 6.54 Å². The van der Waals surface area contributed by atoms with Crippen molar-refractivity contribution in [1.29, 1.82) is 0 Å². The third-order valence-corrected chi connectivity index (χ3v) is 3.77. The number of benzene rings is 1. The van der Waals surface area contributed by atoms with E-state index in [4.69, 9.17) is 5.21 Å². The number of nitrogens with one attached hydrogen (secondary N) is 1. The molecule has 21 heavy (non-hydrogen) atoms. The number of rotatable bonds is 12. The van der Waals surface area contributed by atoms with Gasteiger partial charge in [-0.05, 0) is 18.5 Å². The lowest BCUT2D eigenvalue weighted by atomic mass is 10.1. The first-order valence-electron chi connectivity index (χ1n) is 8.34. The molecule has 0 unspecified atom stereocenters. The molecule has 0 aliphatic heterocycles. The summed E-state index contributed by atoms with van der Waals surface area (Å²) in [5, 5.41) is 15.4. The normalized spacial score (nSPS) is 12.8. The molecule has 0 amide bonds. The number of hydrogen-bond acceptors (Lipinski definition) is 3. The minimum absolute atomic E-state index is 0.000698. The van der Waals surface area contributed by atoms with E-state index in [1.807, 2.05) is 30.3 Å². The highest BCUT2D eigenvalue weighted by Crippen LogP contribution is 2.11. The lowest BCUT2D eigenvalue weighted by Crippen LogP contribution is -2.23. The van der Waals surface area contributed by atoms with E-state index < -0.39 is 0 Å². The number of unbranched alkanes of at least 4 members (excludes halogenated alkanes) is 7. The smallest absolute Gasteiger partial charge is 0.0714 e. The summed E-state index contributed by atoms with van der Waals surface area (Å²) in [6.45, 7) is 3.21. The first-order valence-corrected chi connectivity index (χ1v) is 8.34. The molecule has 0 fully saturated rings. The van der Waals surface area contributed by atoms with Gasteiger partial charge < -0.3 is 10.5 Å². The Morgan fingerprint density at radius 3 is 2.24 bits per heavy atom. The number of nitrogens with zero attached hydrogens (tertiary/aromatic N) is 1. The van der Waals surface area contributed by atoms with Crippen molar-refractivity contribution < 1.29 is 5.21 Å². The van der Waals surface area contributed by atoms with E-state index in [1.54, 1.807) is 6.21 Å². The van der Waals surface area contributed by atoms with Crippen LogP contribution in [0.25, 0.3) is 0 Å². The van der Waals surface area contributed by atoms with Crippen LogP contribution in [0.15, 0.2) is 35.5 Å². The van der Waals surface area contributed by atoms with Gasteiger partial charge in [-0.15, -0.1) is 5.16 Å². The molecule has 1 rings (SSSR count). The quantitative estimate of drug-likeness (QED) is 0.248. The maximum absolute atomic E-state index is 8.77. The largest absolute Gasteiger partial charge is 0.411 e. The van der Waals surface area contributed by atoms with Gasteiger partial charge >= 0.3 is 0 Å². The van der Waals surface area contributed by atoms with E-state index in [9.17, 15) is 0 Å². The molecule has 118 valence electrons. The van der Waals surface area contributed by atoms with Gasteiger partial charge in [0, 0.05) is 0 Å². The molecule has 0 aliphatic rings. The Balaban J connectivity index is 2.12. The lowest BCUT2D eigenvalue weighted by molar-refractivity contribution is 0.318. The Kier molecular flexibility index (Phi) is 10.4. The predicted molar refractivity (Wildman–Crippen MR) is 90.1 cm³/mol. The van der Waals surface area contributed by atoms with Crippen molar-refractivity contribution in [3.63, 3.8) is 0 Å². The molecule has 0 bridgehead atoms. The van der Waals surface area contributed by atoms with Gasteiger partial charge in [-0.3, -0.25) is 0 Å². The molecule has 1 atom stereocenters. The fourth-order valence-corrected chi connectivity index (χ4v) is 2.50. The van der Waals surface area contributed by atoms with Crippen LogP contribution in [0.5, 0.6) is 0 Å². The first kappa shape index (κ1) is 17.7. The highest BCUT2D eigenvalue weighted by atomic mass is 16.4. The zero-order chi connectivity index (χ0) is 15.2. The second kappa shape index (κ2) is 12.4. The zero-order valence-electron chi connectivity index (χ0n) is 13.3. The van der Waals surface area contributed by atoms with E-state index in [2.05, 4.69) is 17.4 Å². The van der Waals surface area contributed by atoms with Gasteiger partial charge in [-0.2, -0.15) is 0 Å². The second-order valence-corrected chi connectivity index (χ2v) is 5.58. The first-order chi connectivity index (χ1) is 10.4. The van der Waals surface area contributed by atoms with Crippen molar-refractivity contribution in [1.82, 2.24) is 5.32 Å². The van der Waals surface area contributed by atoms with Crippen LogP contribution in [0.2, 0.25) is 0 Å². The van der Waals surface area contributed by atoms with Crippen LogP contribution in [0, 0.1) is 0 Å². The minimum atomic E-state index is 0.000698. The molecule has 1 aromatic carbocycles. The molecular weight excluding hydrogens is 260 g/mol. The highest BCUT2D eigenvalue weighted by Gasteiger charge is 2.07. The summed E-state index contributed by atoms with van der Waals surface area (Å²) < 4.78 is 0. The van der Waals surface area contributed by atoms with E-state index in [-0.39, 0.29) is 6.04 Å². The Labute approximate surface area is 129 Å². The molecule has 0 saturated carbocycles. The molecular formula is C18H30N2O. The Hall–Kier alpha value is -1.35. The molecule has 2 N–H and O–H groups in total. The topological polar surface area (TPSA) is 44.6 Å². The van der Waals surface area contributed by atoms with Gasteiger partial charge in [-0.1, -0.05) is 82.2 Å². The molecule has 0 radical (unpaired) electrons. The monoisotopic (exact) mass is 290 g/mol. The summed E-state index contributed by atoms with van der Waals surface area (Å²) in [5.41, 5.74) is 1.13. The Bertz CT molecular complexity index is 365. The van der Waals surface area contributed by atoms with E-state index >= 15 is 0 Å². The fraction of sp³-hybridized carbons (Fsp3) is 0.611. The van der Waals surface area contributed by atoms with E-state index in [1.165, 1.54) is 51.4 Å². The molecule has 3 heteroatoms. The van der Waals surface area contributed by atoms with Gasteiger partial charge in [0.1, 0.15) is 0 Å². The Morgan fingerprint density at radius 1 is 1.00 bits per heavy atom. The van der Waals surface area contributed by atoms with Crippen molar-refractivity contribution in [3.05, 3.63) is 35.9 Å². The van der Waals surface area contributed by atoms with Crippen LogP contribution in [-0.4, -0.2) is 18.0 Å². The molecule has 0 aromatic heterocycles. The molecule has 0 heterocycles. The second-order valence-electron chi connectivity index (χ2n) is 5.58. The van der Waals surface area contributed by atoms with Crippen LogP contribution >= 0.6 is 0 Å². The fourth-order valence-electron chi connectivity index (χ4n) is 2.50. The molecule has 0 spiro atoms. The van der Waals surface area contributed by atoms with Gasteiger partial charge in [-0.25, -0.2) is 0 Å². The van der Waals surface area contributed by atoms with Crippen LogP contribution in [0.3, 0.4) is 0 Å². The highest BCUT2D eigenvalue weighted by molar-refractivity contribution is 5.66. The van der Waals surface area contributed by atoms with Gasteiger partial charge in [0.25, 0.3) is 0 Å². The summed E-state index contributed by atoms with van der Waals surface area (Å²) >= 11 is 0. The summed E-state index contributed by atoms with van der Waals surface area (Å²) in [5.74, 6) is 0. The molecule has 0 saturated heterocycles. The Morgan fingerprint density at radius 2 is 1.62 bits per heavy atom. The molecule has 3 nitrogen and oxygen atoms in total. The van der Waals surface area contributed by atoms with Crippen molar-refractivity contribution in [2.45, 2.75) is 64.3 Å². The van der Waals surface area contributed by atoms with Crippen LogP contribution in [0.4, 0.5) is 0 Å². The number of hydrogen-bond donors (Lipinski definition) is 2. The number of oxime groups is 1. The average molecular weight is 290 g/mol. The van der Waals surface area contributed by atoms with Crippen molar-refractivity contribution in [2.24, 2.45) is 5.16 Å². The maximum atomic E-state index is 8.77. The van der Waals surface area contributed by atoms with Gasteiger partial charge in [0.2, 0.25) is 0 Å². The third kappa shape index (κ3) is 8.51. The summed E-state index contributed by atoms with van der Waals surface area (Å²) in [7, 11) is 0. The maximum Gasteiger partial charge on any atom is 0.0714 e. The van der Waals surface area contributed by atoms with Crippen LogP contribution in [0.1, 0.15) is 69.9 Å². The van der Waals surface area contributed by atoms with E-state index in [0.717, 1.165) is 12.1 Å². The predicted octanol–water partition coefficient (Wildman–Crippen LogP) is 4.92. The SMILES string of the molecule is CCCCCCCCCCN[C@@H](/C=N\O)c1ccccc1. The average Bonchev–Trinajstić information content (AvgIpc) is 2.53. The molecule has 0 aliphatic carbocycles. The van der Waals surface area contributed by atoms with Crippen LogP contribution < -0.4 is 5.32 Å². The zero-order valence-corrected chi connectivity index (χ0v) is 13.3. The van der Waals surface area contributed by atoms with Crippen molar-refractivity contribution >= 4 is 6.21 Å². The van der Waals surface area contributed by atoms with Crippen LogP contribution in [-0.2, 0) is 0 Å². The minimum Gasteiger partial charge on any atom is -0.411 e. The van der Waals surface area contributed by atoms with Gasteiger partial charge in [0.15, 0.2) is 0 Å². The molecule has 1 aromatic rings. The van der Waals surface area contributed by atoms with Gasteiger partial charge in [0.05, 0.1) is 12.3 Å². The summed E-state index contributed by atoms with van der Waals surface area (Å²) in [6, 6.07) is 10.1.